The third-order valence-corrected chi connectivity index (χ3v) is 2.20. The Hall–Kier alpha value is -2.30. The van der Waals surface area contributed by atoms with Gasteiger partial charge >= 0.3 is 5.97 Å². The van der Waals surface area contributed by atoms with Crippen LogP contribution in [0.25, 0.3) is 6.08 Å². The lowest BCUT2D eigenvalue weighted by Gasteiger charge is -2.00. The molecule has 1 rings (SSSR count). The molecule has 0 saturated heterocycles. The molecule has 96 valence electrons. The number of benzene rings is 1. The average molecular weight is 248 g/mol. The molecule has 0 heterocycles. The van der Waals surface area contributed by atoms with Crippen molar-refractivity contribution in [3.63, 3.8) is 0 Å². The van der Waals surface area contributed by atoms with E-state index in [2.05, 4.69) is 5.32 Å². The molecule has 0 aromatic heterocycles. The second kappa shape index (κ2) is 7.11. The second-order valence-electron chi connectivity index (χ2n) is 3.79. The van der Waals surface area contributed by atoms with Crippen molar-refractivity contribution in [2.45, 2.75) is 12.8 Å². The molecule has 0 radical (unpaired) electrons. The number of nitrogen functional groups attached to an aromatic ring is 1. The van der Waals surface area contributed by atoms with Gasteiger partial charge < -0.3 is 16.2 Å². The molecule has 1 aromatic rings. The first-order chi connectivity index (χ1) is 8.58. The Bertz CT molecular complexity index is 455. The Morgan fingerprint density at radius 2 is 2.17 bits per heavy atom. The van der Waals surface area contributed by atoms with E-state index >= 15 is 0 Å². The minimum absolute atomic E-state index is 0.0548. The summed E-state index contributed by atoms with van der Waals surface area (Å²) in [6, 6.07) is 7.17. The van der Waals surface area contributed by atoms with Gasteiger partial charge in [0.2, 0.25) is 5.91 Å². The van der Waals surface area contributed by atoms with E-state index in [0.29, 0.717) is 18.7 Å². The maximum Gasteiger partial charge on any atom is 0.303 e. The second-order valence-corrected chi connectivity index (χ2v) is 3.79. The summed E-state index contributed by atoms with van der Waals surface area (Å²) in [4.78, 5) is 21.6. The van der Waals surface area contributed by atoms with Gasteiger partial charge in [-0.05, 0) is 30.2 Å². The van der Waals surface area contributed by atoms with Gasteiger partial charge in [0.05, 0.1) is 0 Å². The number of anilines is 1. The quantitative estimate of drug-likeness (QED) is 0.401. The maximum atomic E-state index is 11.4. The largest absolute Gasteiger partial charge is 0.481 e. The number of amides is 1. The Morgan fingerprint density at radius 1 is 1.39 bits per heavy atom. The van der Waals surface area contributed by atoms with Gasteiger partial charge in [-0.3, -0.25) is 9.59 Å². The highest BCUT2D eigenvalue weighted by Gasteiger charge is 1.98. The molecule has 0 aliphatic heterocycles. The first kappa shape index (κ1) is 13.8. The first-order valence-corrected chi connectivity index (χ1v) is 5.61. The fourth-order valence-corrected chi connectivity index (χ4v) is 1.34. The molecular formula is C13H16N2O3. The van der Waals surface area contributed by atoms with Crippen LogP contribution in [0.3, 0.4) is 0 Å². The summed E-state index contributed by atoms with van der Waals surface area (Å²) in [5, 5.41) is 11.0. The summed E-state index contributed by atoms with van der Waals surface area (Å²) in [5.41, 5.74) is 7.08. The van der Waals surface area contributed by atoms with Gasteiger partial charge in [-0.2, -0.15) is 0 Å². The smallest absolute Gasteiger partial charge is 0.303 e. The summed E-state index contributed by atoms with van der Waals surface area (Å²) >= 11 is 0. The highest BCUT2D eigenvalue weighted by molar-refractivity contribution is 5.91. The van der Waals surface area contributed by atoms with E-state index in [0.717, 1.165) is 5.56 Å². The van der Waals surface area contributed by atoms with Gasteiger partial charge in [-0.25, -0.2) is 0 Å². The SMILES string of the molecule is Nc1cccc(/C=C/C(=O)NCCCC(=O)O)c1. The Morgan fingerprint density at radius 3 is 2.83 bits per heavy atom. The summed E-state index contributed by atoms with van der Waals surface area (Å²) in [6.07, 6.45) is 3.53. The molecule has 18 heavy (non-hydrogen) atoms. The standard InChI is InChI=1S/C13H16N2O3/c14-11-4-1-3-10(9-11)6-7-12(16)15-8-2-5-13(17)18/h1,3-4,6-7,9H,2,5,8,14H2,(H,15,16)(H,17,18)/b7-6+. The number of aliphatic carboxylic acids is 1. The molecule has 1 aromatic carbocycles. The topological polar surface area (TPSA) is 92.4 Å². The number of carbonyl (C=O) groups is 2. The van der Waals surface area contributed by atoms with Crippen LogP contribution in [0.15, 0.2) is 30.3 Å². The van der Waals surface area contributed by atoms with Crippen molar-refractivity contribution in [3.8, 4) is 0 Å². The van der Waals surface area contributed by atoms with Gasteiger partial charge in [0.25, 0.3) is 0 Å². The lowest BCUT2D eigenvalue weighted by Crippen LogP contribution is -2.22. The Labute approximate surface area is 105 Å². The number of carboxylic acid groups (broad SMARTS) is 1. The molecule has 1 amide bonds. The maximum absolute atomic E-state index is 11.4. The minimum Gasteiger partial charge on any atom is -0.481 e. The Kier molecular flexibility index (Phi) is 5.44. The number of carbonyl (C=O) groups excluding carboxylic acids is 1. The lowest BCUT2D eigenvalue weighted by atomic mass is 10.2. The van der Waals surface area contributed by atoms with Gasteiger partial charge in [-0.15, -0.1) is 0 Å². The molecule has 5 nitrogen and oxygen atoms in total. The molecule has 0 aliphatic rings. The number of nitrogens with one attached hydrogen (secondary N) is 1. The van der Waals surface area contributed by atoms with Crippen molar-refractivity contribution in [1.29, 1.82) is 0 Å². The molecule has 0 aliphatic carbocycles. The number of rotatable bonds is 6. The monoisotopic (exact) mass is 248 g/mol. The molecule has 0 spiro atoms. The predicted octanol–water partition coefficient (Wildman–Crippen LogP) is 1.26. The van der Waals surface area contributed by atoms with Crippen LogP contribution >= 0.6 is 0 Å². The van der Waals surface area contributed by atoms with Crippen molar-refractivity contribution in [2.75, 3.05) is 12.3 Å². The fourth-order valence-electron chi connectivity index (χ4n) is 1.34. The van der Waals surface area contributed by atoms with Crippen LogP contribution < -0.4 is 11.1 Å². The highest BCUT2D eigenvalue weighted by Crippen LogP contribution is 2.07. The first-order valence-electron chi connectivity index (χ1n) is 5.61. The number of hydrogen-bond acceptors (Lipinski definition) is 3. The van der Waals surface area contributed by atoms with E-state index in [1.165, 1.54) is 6.08 Å². The van der Waals surface area contributed by atoms with Gasteiger partial charge in [0, 0.05) is 24.7 Å². The number of hydrogen-bond donors (Lipinski definition) is 3. The Balaban J connectivity index is 2.33. The average Bonchev–Trinajstić information content (AvgIpc) is 2.32. The third-order valence-electron chi connectivity index (χ3n) is 2.20. The molecule has 5 heteroatoms. The van der Waals surface area contributed by atoms with Crippen LogP contribution in [0.5, 0.6) is 0 Å². The minimum atomic E-state index is -0.862. The van der Waals surface area contributed by atoms with Crippen molar-refractivity contribution >= 4 is 23.6 Å². The van der Waals surface area contributed by atoms with Gasteiger partial charge in [0.15, 0.2) is 0 Å². The van der Waals surface area contributed by atoms with E-state index in [9.17, 15) is 9.59 Å². The van der Waals surface area contributed by atoms with Crippen LogP contribution in [-0.4, -0.2) is 23.5 Å². The van der Waals surface area contributed by atoms with Gasteiger partial charge in [-0.1, -0.05) is 12.1 Å². The van der Waals surface area contributed by atoms with E-state index in [1.807, 2.05) is 6.07 Å². The summed E-state index contributed by atoms with van der Waals surface area (Å²) < 4.78 is 0. The molecular weight excluding hydrogens is 232 g/mol. The van der Waals surface area contributed by atoms with Crippen molar-refractivity contribution < 1.29 is 14.7 Å². The van der Waals surface area contributed by atoms with Crippen molar-refractivity contribution in [2.24, 2.45) is 0 Å². The van der Waals surface area contributed by atoms with E-state index in [4.69, 9.17) is 10.8 Å². The normalized spacial score (nSPS) is 10.4. The van der Waals surface area contributed by atoms with Crippen LogP contribution in [0.2, 0.25) is 0 Å². The zero-order valence-electron chi connectivity index (χ0n) is 9.93. The zero-order chi connectivity index (χ0) is 13.4. The third kappa shape index (κ3) is 5.69. The number of nitrogens with two attached hydrogens (primary N) is 1. The molecule has 0 unspecified atom stereocenters. The van der Waals surface area contributed by atoms with Crippen molar-refractivity contribution in [1.82, 2.24) is 5.32 Å². The molecule has 0 saturated carbocycles. The molecule has 0 bridgehead atoms. The van der Waals surface area contributed by atoms with Crippen LogP contribution in [0, 0.1) is 0 Å². The zero-order valence-corrected chi connectivity index (χ0v) is 9.93. The summed E-state index contributed by atoms with van der Waals surface area (Å²) in [6.45, 7) is 0.354. The molecule has 4 N–H and O–H groups in total. The van der Waals surface area contributed by atoms with Crippen LogP contribution in [0.4, 0.5) is 5.69 Å². The number of carboxylic acids is 1. The van der Waals surface area contributed by atoms with Gasteiger partial charge in [0.1, 0.15) is 0 Å². The van der Waals surface area contributed by atoms with Crippen LogP contribution in [0.1, 0.15) is 18.4 Å². The van der Waals surface area contributed by atoms with Crippen LogP contribution in [-0.2, 0) is 9.59 Å². The van der Waals surface area contributed by atoms with E-state index in [-0.39, 0.29) is 12.3 Å². The summed E-state index contributed by atoms with van der Waals surface area (Å²) in [7, 11) is 0. The highest BCUT2D eigenvalue weighted by atomic mass is 16.4. The van der Waals surface area contributed by atoms with E-state index in [1.54, 1.807) is 24.3 Å². The lowest BCUT2D eigenvalue weighted by molar-refractivity contribution is -0.137. The van der Waals surface area contributed by atoms with E-state index < -0.39 is 5.97 Å². The predicted molar refractivity (Wildman–Crippen MR) is 69.8 cm³/mol. The molecule has 0 fully saturated rings. The molecule has 0 atom stereocenters. The fraction of sp³-hybridized carbons (Fsp3) is 0.231. The summed E-state index contributed by atoms with van der Waals surface area (Å²) in [5.74, 6) is -1.11. The van der Waals surface area contributed by atoms with Crippen molar-refractivity contribution in [3.05, 3.63) is 35.9 Å².